The van der Waals surface area contributed by atoms with Gasteiger partial charge in [-0.3, -0.25) is 4.79 Å². The number of hydrogen-bond donors (Lipinski definition) is 1. The first-order valence-electron chi connectivity index (χ1n) is 6.42. The molecule has 0 spiro atoms. The number of nitrogens with one attached hydrogen (secondary N) is 1. The molecule has 2 fully saturated rings. The molecule has 0 bridgehead atoms. The fourth-order valence-corrected chi connectivity index (χ4v) is 2.43. The van der Waals surface area contributed by atoms with Gasteiger partial charge in [0.15, 0.2) is 0 Å². The second-order valence-corrected chi connectivity index (χ2v) is 4.80. The molecule has 1 unspecified atom stereocenters. The van der Waals surface area contributed by atoms with Crippen LogP contribution in [0, 0.1) is 5.92 Å². The summed E-state index contributed by atoms with van der Waals surface area (Å²) in [5.74, 6) is 0.856. The van der Waals surface area contributed by atoms with E-state index in [2.05, 4.69) is 5.32 Å². The Balaban J connectivity index is 1.57. The molecule has 2 aliphatic rings. The Morgan fingerprint density at radius 2 is 2.12 bits per heavy atom. The SMILES string of the molecule is O=C(CNCC1CCCOC1)N1CCCC1. The van der Waals surface area contributed by atoms with E-state index in [4.69, 9.17) is 4.74 Å². The Morgan fingerprint density at radius 1 is 1.31 bits per heavy atom. The van der Waals surface area contributed by atoms with Gasteiger partial charge in [0.1, 0.15) is 0 Å². The average molecular weight is 226 g/mol. The van der Waals surface area contributed by atoms with Crippen LogP contribution in [0.25, 0.3) is 0 Å². The van der Waals surface area contributed by atoms with Crippen LogP contribution < -0.4 is 5.32 Å². The molecule has 92 valence electrons. The van der Waals surface area contributed by atoms with Gasteiger partial charge in [-0.1, -0.05) is 0 Å². The molecular formula is C12H22N2O2. The van der Waals surface area contributed by atoms with Crippen molar-refractivity contribution in [3.8, 4) is 0 Å². The molecule has 2 rings (SSSR count). The third-order valence-corrected chi connectivity index (χ3v) is 3.42. The van der Waals surface area contributed by atoms with Gasteiger partial charge in [-0.25, -0.2) is 0 Å². The van der Waals surface area contributed by atoms with Gasteiger partial charge in [0.05, 0.1) is 13.2 Å². The minimum atomic E-state index is 0.259. The van der Waals surface area contributed by atoms with Gasteiger partial charge in [0, 0.05) is 26.2 Å². The van der Waals surface area contributed by atoms with E-state index in [-0.39, 0.29) is 5.91 Å². The maximum atomic E-state index is 11.7. The van der Waals surface area contributed by atoms with Crippen LogP contribution in [-0.2, 0) is 9.53 Å². The second kappa shape index (κ2) is 6.21. The smallest absolute Gasteiger partial charge is 0.236 e. The van der Waals surface area contributed by atoms with Crippen molar-refractivity contribution in [1.29, 1.82) is 0 Å². The summed E-state index contributed by atoms with van der Waals surface area (Å²) in [6.45, 7) is 5.07. The Bertz CT molecular complexity index is 221. The van der Waals surface area contributed by atoms with Crippen LogP contribution in [-0.4, -0.2) is 50.2 Å². The van der Waals surface area contributed by atoms with Crippen LogP contribution >= 0.6 is 0 Å². The van der Waals surface area contributed by atoms with Crippen LogP contribution in [0.1, 0.15) is 25.7 Å². The summed E-state index contributed by atoms with van der Waals surface area (Å²) in [7, 11) is 0. The molecule has 4 heteroatoms. The van der Waals surface area contributed by atoms with E-state index in [0.717, 1.165) is 39.3 Å². The number of amides is 1. The number of nitrogens with zero attached hydrogens (tertiary/aromatic N) is 1. The van der Waals surface area contributed by atoms with Crippen molar-refractivity contribution in [3.05, 3.63) is 0 Å². The van der Waals surface area contributed by atoms with Crippen molar-refractivity contribution < 1.29 is 9.53 Å². The van der Waals surface area contributed by atoms with E-state index < -0.39 is 0 Å². The normalized spacial score (nSPS) is 26.0. The lowest BCUT2D eigenvalue weighted by atomic mass is 10.0. The first kappa shape index (κ1) is 11.9. The highest BCUT2D eigenvalue weighted by Gasteiger charge is 2.18. The van der Waals surface area contributed by atoms with Gasteiger partial charge in [-0.2, -0.15) is 0 Å². The Hall–Kier alpha value is -0.610. The van der Waals surface area contributed by atoms with Gasteiger partial charge >= 0.3 is 0 Å². The molecule has 4 nitrogen and oxygen atoms in total. The molecule has 2 heterocycles. The topological polar surface area (TPSA) is 41.6 Å². The van der Waals surface area contributed by atoms with Crippen LogP contribution in [0.5, 0.6) is 0 Å². The lowest BCUT2D eigenvalue weighted by Gasteiger charge is -2.23. The number of carbonyl (C=O) groups is 1. The summed E-state index contributed by atoms with van der Waals surface area (Å²) in [6.07, 6.45) is 4.72. The van der Waals surface area contributed by atoms with Crippen LogP contribution in [0.3, 0.4) is 0 Å². The summed E-state index contributed by atoms with van der Waals surface area (Å²) in [4.78, 5) is 13.7. The quantitative estimate of drug-likeness (QED) is 0.764. The van der Waals surface area contributed by atoms with Crippen LogP contribution in [0.4, 0.5) is 0 Å². The number of ether oxygens (including phenoxy) is 1. The first-order chi connectivity index (χ1) is 7.86. The minimum absolute atomic E-state index is 0.259. The van der Waals surface area contributed by atoms with Gasteiger partial charge in [0.2, 0.25) is 5.91 Å². The van der Waals surface area contributed by atoms with E-state index in [1.807, 2.05) is 4.90 Å². The summed E-state index contributed by atoms with van der Waals surface area (Å²) in [5.41, 5.74) is 0. The molecule has 1 N–H and O–H groups in total. The maximum Gasteiger partial charge on any atom is 0.236 e. The number of rotatable bonds is 4. The van der Waals surface area contributed by atoms with Gasteiger partial charge < -0.3 is 15.0 Å². The zero-order valence-electron chi connectivity index (χ0n) is 9.91. The summed E-state index contributed by atoms with van der Waals surface area (Å²) >= 11 is 0. The van der Waals surface area contributed by atoms with Crippen molar-refractivity contribution in [1.82, 2.24) is 10.2 Å². The molecular weight excluding hydrogens is 204 g/mol. The molecule has 0 radical (unpaired) electrons. The van der Waals surface area contributed by atoms with Crippen molar-refractivity contribution in [2.24, 2.45) is 5.92 Å². The molecule has 0 aliphatic carbocycles. The van der Waals surface area contributed by atoms with E-state index in [1.54, 1.807) is 0 Å². The molecule has 2 aliphatic heterocycles. The predicted octanol–water partition coefficient (Wildman–Crippen LogP) is 0.625. The molecule has 0 aromatic rings. The Morgan fingerprint density at radius 3 is 2.81 bits per heavy atom. The van der Waals surface area contributed by atoms with Crippen LogP contribution in [0.15, 0.2) is 0 Å². The highest BCUT2D eigenvalue weighted by molar-refractivity contribution is 5.78. The number of likely N-dealkylation sites (tertiary alicyclic amines) is 1. The average Bonchev–Trinajstić information content (AvgIpc) is 2.84. The molecule has 1 atom stereocenters. The van der Waals surface area contributed by atoms with Crippen molar-refractivity contribution in [2.45, 2.75) is 25.7 Å². The maximum absolute atomic E-state index is 11.7. The van der Waals surface area contributed by atoms with E-state index >= 15 is 0 Å². The van der Waals surface area contributed by atoms with E-state index in [1.165, 1.54) is 19.3 Å². The van der Waals surface area contributed by atoms with E-state index in [0.29, 0.717) is 12.5 Å². The van der Waals surface area contributed by atoms with Crippen molar-refractivity contribution in [3.63, 3.8) is 0 Å². The lowest BCUT2D eigenvalue weighted by molar-refractivity contribution is -0.129. The molecule has 0 saturated carbocycles. The van der Waals surface area contributed by atoms with E-state index in [9.17, 15) is 4.79 Å². The van der Waals surface area contributed by atoms with Crippen LogP contribution in [0.2, 0.25) is 0 Å². The fraction of sp³-hybridized carbons (Fsp3) is 0.917. The van der Waals surface area contributed by atoms with Gasteiger partial charge in [-0.15, -0.1) is 0 Å². The largest absolute Gasteiger partial charge is 0.381 e. The molecule has 16 heavy (non-hydrogen) atoms. The first-order valence-corrected chi connectivity index (χ1v) is 6.42. The predicted molar refractivity (Wildman–Crippen MR) is 62.2 cm³/mol. The summed E-state index contributed by atoms with van der Waals surface area (Å²) in [6, 6.07) is 0. The Kier molecular flexibility index (Phi) is 4.60. The lowest BCUT2D eigenvalue weighted by Crippen LogP contribution is -2.39. The number of carbonyl (C=O) groups excluding carboxylic acids is 1. The third kappa shape index (κ3) is 3.46. The van der Waals surface area contributed by atoms with Crippen molar-refractivity contribution >= 4 is 5.91 Å². The standard InChI is InChI=1S/C12H22N2O2/c15-12(14-5-1-2-6-14)9-13-8-11-4-3-7-16-10-11/h11,13H,1-10H2. The minimum Gasteiger partial charge on any atom is -0.381 e. The monoisotopic (exact) mass is 226 g/mol. The second-order valence-electron chi connectivity index (χ2n) is 4.80. The number of hydrogen-bond acceptors (Lipinski definition) is 3. The van der Waals surface area contributed by atoms with Gasteiger partial charge in [-0.05, 0) is 31.6 Å². The van der Waals surface area contributed by atoms with Crippen molar-refractivity contribution in [2.75, 3.05) is 39.4 Å². The molecule has 0 aromatic carbocycles. The zero-order chi connectivity index (χ0) is 11.2. The fourth-order valence-electron chi connectivity index (χ4n) is 2.43. The zero-order valence-corrected chi connectivity index (χ0v) is 9.91. The third-order valence-electron chi connectivity index (χ3n) is 3.42. The summed E-state index contributed by atoms with van der Waals surface area (Å²) in [5, 5.41) is 3.26. The molecule has 0 aromatic heterocycles. The molecule has 2 saturated heterocycles. The highest BCUT2D eigenvalue weighted by atomic mass is 16.5. The highest BCUT2D eigenvalue weighted by Crippen LogP contribution is 2.12. The van der Waals surface area contributed by atoms with Gasteiger partial charge in [0.25, 0.3) is 0 Å². The Labute approximate surface area is 97.3 Å². The summed E-state index contributed by atoms with van der Waals surface area (Å²) < 4.78 is 5.40. The molecule has 1 amide bonds.